The summed E-state index contributed by atoms with van der Waals surface area (Å²) in [5, 5.41) is 2.91. The van der Waals surface area contributed by atoms with E-state index in [-0.39, 0.29) is 29.6 Å². The average molecular weight is 374 g/mol. The second-order valence-electron chi connectivity index (χ2n) is 7.28. The Balaban J connectivity index is 1.55. The molecule has 1 heterocycles. The van der Waals surface area contributed by atoms with E-state index in [4.69, 9.17) is 0 Å². The molecule has 4 rings (SSSR count). The molecule has 142 valence electrons. The van der Waals surface area contributed by atoms with Gasteiger partial charge >= 0.3 is 0 Å². The summed E-state index contributed by atoms with van der Waals surface area (Å²) < 4.78 is 0. The molecule has 1 N–H and O–H groups in total. The molecule has 1 aliphatic carbocycles. The molecule has 3 atom stereocenters. The summed E-state index contributed by atoms with van der Waals surface area (Å²) >= 11 is 0. The van der Waals surface area contributed by atoms with E-state index < -0.39 is 6.04 Å². The number of carbonyl (C=O) groups excluding carboxylic acids is 3. The van der Waals surface area contributed by atoms with Crippen LogP contribution in [0.15, 0.2) is 66.7 Å². The summed E-state index contributed by atoms with van der Waals surface area (Å²) in [4.78, 5) is 39.5. The number of nitrogens with zero attached hydrogens (tertiary/aromatic N) is 1. The van der Waals surface area contributed by atoms with E-state index in [1.807, 2.05) is 66.7 Å². The highest BCUT2D eigenvalue weighted by Crippen LogP contribution is 2.36. The van der Waals surface area contributed by atoms with Crippen LogP contribution in [0.3, 0.4) is 0 Å². The number of allylic oxidation sites excluding steroid dienone is 2. The molecule has 28 heavy (non-hydrogen) atoms. The van der Waals surface area contributed by atoms with Gasteiger partial charge in [0.2, 0.25) is 17.7 Å². The topological polar surface area (TPSA) is 66.5 Å². The summed E-state index contributed by atoms with van der Waals surface area (Å²) in [5.74, 6) is -1.50. The molecule has 0 aromatic heterocycles. The Morgan fingerprint density at radius 3 is 2.14 bits per heavy atom. The second kappa shape index (κ2) is 7.43. The SMILES string of the molecule is C[C@H](C(=O)Nc1ccccc1-c1ccccc1)N1C(=O)[C@H]2CC=CC[C@H]2C1=O. The monoisotopic (exact) mass is 374 g/mol. The molecule has 0 saturated carbocycles. The minimum atomic E-state index is -0.852. The Morgan fingerprint density at radius 2 is 1.50 bits per heavy atom. The standard InChI is InChI=1S/C23H22N2O3/c1-15(25-22(27)18-12-5-6-13-19(18)23(25)28)21(26)24-20-14-8-7-11-17(20)16-9-3-2-4-10-16/h2-11,14-15,18-19H,12-13H2,1H3,(H,24,26)/t15-,18-,19+/m1/s1. The van der Waals surface area contributed by atoms with Crippen molar-refractivity contribution in [1.82, 2.24) is 4.90 Å². The van der Waals surface area contributed by atoms with E-state index in [9.17, 15) is 14.4 Å². The first-order valence-electron chi connectivity index (χ1n) is 9.55. The summed E-state index contributed by atoms with van der Waals surface area (Å²) in [7, 11) is 0. The maximum absolute atomic E-state index is 12.9. The number of fused-ring (bicyclic) bond motifs is 1. The van der Waals surface area contributed by atoms with Gasteiger partial charge in [-0.1, -0.05) is 60.7 Å². The maximum Gasteiger partial charge on any atom is 0.247 e. The van der Waals surface area contributed by atoms with Crippen LogP contribution in [0.1, 0.15) is 19.8 Å². The normalized spacial score (nSPS) is 22.1. The van der Waals surface area contributed by atoms with E-state index in [1.54, 1.807) is 6.92 Å². The number of amides is 3. The molecule has 1 saturated heterocycles. The van der Waals surface area contributed by atoms with E-state index >= 15 is 0 Å². The lowest BCUT2D eigenvalue weighted by atomic mass is 9.85. The Hall–Kier alpha value is -3.21. The molecule has 5 heteroatoms. The number of rotatable bonds is 4. The lowest BCUT2D eigenvalue weighted by molar-refractivity contribution is -0.146. The average Bonchev–Trinajstić information content (AvgIpc) is 2.99. The number of benzene rings is 2. The predicted octanol–water partition coefficient (Wildman–Crippen LogP) is 3.63. The third-order valence-corrected chi connectivity index (χ3v) is 5.58. The van der Waals surface area contributed by atoms with Crippen LogP contribution in [0.2, 0.25) is 0 Å². The molecule has 5 nitrogen and oxygen atoms in total. The van der Waals surface area contributed by atoms with Gasteiger partial charge in [-0.15, -0.1) is 0 Å². The number of nitrogens with one attached hydrogen (secondary N) is 1. The van der Waals surface area contributed by atoms with Crippen molar-refractivity contribution < 1.29 is 14.4 Å². The minimum Gasteiger partial charge on any atom is -0.324 e. The van der Waals surface area contributed by atoms with Crippen LogP contribution >= 0.6 is 0 Å². The first-order chi connectivity index (χ1) is 13.6. The van der Waals surface area contributed by atoms with E-state index in [0.29, 0.717) is 18.5 Å². The zero-order valence-corrected chi connectivity index (χ0v) is 15.7. The van der Waals surface area contributed by atoms with Crippen LogP contribution in [0.4, 0.5) is 5.69 Å². The van der Waals surface area contributed by atoms with Crippen LogP contribution in [-0.4, -0.2) is 28.7 Å². The highest BCUT2D eigenvalue weighted by atomic mass is 16.2. The molecular formula is C23H22N2O3. The summed E-state index contributed by atoms with van der Waals surface area (Å²) in [6, 6.07) is 16.4. The van der Waals surface area contributed by atoms with Crippen LogP contribution in [0, 0.1) is 11.8 Å². The molecular weight excluding hydrogens is 352 g/mol. The van der Waals surface area contributed by atoms with Crippen molar-refractivity contribution in [3.05, 3.63) is 66.7 Å². The minimum absolute atomic E-state index is 0.238. The maximum atomic E-state index is 12.9. The van der Waals surface area contributed by atoms with Crippen molar-refractivity contribution in [2.75, 3.05) is 5.32 Å². The number of likely N-dealkylation sites (tertiary alicyclic amines) is 1. The van der Waals surface area contributed by atoms with E-state index in [2.05, 4.69) is 5.32 Å². The van der Waals surface area contributed by atoms with Crippen molar-refractivity contribution >= 4 is 23.4 Å². The van der Waals surface area contributed by atoms with Gasteiger partial charge in [0.1, 0.15) is 6.04 Å². The van der Waals surface area contributed by atoms with E-state index in [0.717, 1.165) is 16.0 Å². The van der Waals surface area contributed by atoms with Crippen LogP contribution in [-0.2, 0) is 14.4 Å². The van der Waals surface area contributed by atoms with Crippen LogP contribution in [0.5, 0.6) is 0 Å². The highest BCUT2D eigenvalue weighted by Gasteiger charge is 2.50. The van der Waals surface area contributed by atoms with Gasteiger partial charge in [0.15, 0.2) is 0 Å². The largest absolute Gasteiger partial charge is 0.324 e. The fourth-order valence-corrected chi connectivity index (χ4v) is 4.02. The number of carbonyl (C=O) groups is 3. The number of imide groups is 1. The fraction of sp³-hybridized carbons (Fsp3) is 0.261. The summed E-state index contributed by atoms with van der Waals surface area (Å²) in [5.41, 5.74) is 2.53. The number of hydrogen-bond donors (Lipinski definition) is 1. The third kappa shape index (κ3) is 3.13. The van der Waals surface area contributed by atoms with Gasteiger partial charge in [-0.25, -0.2) is 0 Å². The van der Waals surface area contributed by atoms with Gasteiger partial charge in [0.05, 0.1) is 11.8 Å². The highest BCUT2D eigenvalue weighted by molar-refractivity contribution is 6.10. The van der Waals surface area contributed by atoms with Gasteiger partial charge in [-0.05, 0) is 31.4 Å². The zero-order chi connectivity index (χ0) is 19.7. The Labute approximate surface area is 164 Å². The molecule has 1 fully saturated rings. The smallest absolute Gasteiger partial charge is 0.247 e. The first kappa shape index (κ1) is 18.2. The summed E-state index contributed by atoms with van der Waals surface area (Å²) in [6.07, 6.45) is 5.02. The van der Waals surface area contributed by atoms with Crippen molar-refractivity contribution in [1.29, 1.82) is 0 Å². The van der Waals surface area contributed by atoms with Gasteiger partial charge in [0, 0.05) is 11.3 Å². The third-order valence-electron chi connectivity index (χ3n) is 5.58. The molecule has 0 radical (unpaired) electrons. The lowest BCUT2D eigenvalue weighted by Gasteiger charge is -2.23. The van der Waals surface area contributed by atoms with Gasteiger partial charge < -0.3 is 5.32 Å². The number of anilines is 1. The molecule has 0 unspecified atom stereocenters. The number of para-hydroxylation sites is 1. The van der Waals surface area contributed by atoms with Crippen molar-refractivity contribution in [2.45, 2.75) is 25.8 Å². The lowest BCUT2D eigenvalue weighted by Crippen LogP contribution is -2.46. The van der Waals surface area contributed by atoms with Gasteiger partial charge in [-0.3, -0.25) is 19.3 Å². The van der Waals surface area contributed by atoms with Crippen molar-refractivity contribution in [3.63, 3.8) is 0 Å². The molecule has 2 aromatic rings. The molecule has 3 amide bonds. The second-order valence-corrected chi connectivity index (χ2v) is 7.28. The van der Waals surface area contributed by atoms with Crippen LogP contribution in [0.25, 0.3) is 11.1 Å². The molecule has 2 aliphatic rings. The summed E-state index contributed by atoms with van der Waals surface area (Å²) in [6.45, 7) is 1.61. The number of hydrogen-bond acceptors (Lipinski definition) is 3. The molecule has 2 aromatic carbocycles. The van der Waals surface area contributed by atoms with Gasteiger partial charge in [0.25, 0.3) is 0 Å². The Morgan fingerprint density at radius 1 is 0.929 bits per heavy atom. The molecule has 0 spiro atoms. The quantitative estimate of drug-likeness (QED) is 0.656. The van der Waals surface area contributed by atoms with E-state index in [1.165, 1.54) is 0 Å². The van der Waals surface area contributed by atoms with Crippen LogP contribution < -0.4 is 5.32 Å². The predicted molar refractivity (Wildman–Crippen MR) is 107 cm³/mol. The first-order valence-corrected chi connectivity index (χ1v) is 9.55. The van der Waals surface area contributed by atoms with Crippen molar-refractivity contribution in [2.24, 2.45) is 11.8 Å². The fourth-order valence-electron chi connectivity index (χ4n) is 4.02. The Kier molecular flexibility index (Phi) is 4.82. The van der Waals surface area contributed by atoms with Crippen molar-refractivity contribution in [3.8, 4) is 11.1 Å². The zero-order valence-electron chi connectivity index (χ0n) is 15.7. The van der Waals surface area contributed by atoms with Gasteiger partial charge in [-0.2, -0.15) is 0 Å². The molecule has 1 aliphatic heterocycles. The molecule has 0 bridgehead atoms. The Bertz CT molecular complexity index is 925.